The van der Waals surface area contributed by atoms with E-state index in [1.54, 1.807) is 6.08 Å². The second kappa shape index (κ2) is 3.60. The quantitative estimate of drug-likeness (QED) is 0.650. The third-order valence-corrected chi connectivity index (χ3v) is 2.70. The average Bonchev–Trinajstić information content (AvgIpc) is 2.08. The largest absolute Gasteiger partial charge is 0.349 e. The summed E-state index contributed by atoms with van der Waals surface area (Å²) in [7, 11) is 1.90. The molecule has 0 spiro atoms. The number of likely N-dealkylation sites (N-methyl/N-ethyl adjacent to an activating group) is 1. The second-order valence-corrected chi connectivity index (χ2v) is 4.50. The predicted octanol–water partition coefficient (Wildman–Crippen LogP) is 3.62. The van der Waals surface area contributed by atoms with Gasteiger partial charge in [0.05, 0.1) is 0 Å². The molecule has 0 amide bonds. The number of rotatable bonds is 2. The first-order valence-electron chi connectivity index (χ1n) is 4.81. The van der Waals surface area contributed by atoms with Gasteiger partial charge in [-0.15, -0.1) is 0 Å². The minimum absolute atomic E-state index is 0.0527. The summed E-state index contributed by atoms with van der Waals surface area (Å²) in [5, 5.41) is 0. The van der Waals surface area contributed by atoms with Crippen LogP contribution in [0.15, 0.2) is 36.0 Å². The van der Waals surface area contributed by atoms with Gasteiger partial charge in [0, 0.05) is 23.9 Å². The lowest BCUT2D eigenvalue weighted by molar-refractivity contribution is 0.338. The van der Waals surface area contributed by atoms with Crippen LogP contribution < -0.4 is 0 Å². The second-order valence-electron chi connectivity index (χ2n) is 4.50. The summed E-state index contributed by atoms with van der Waals surface area (Å²) in [6.45, 7) is 9.55. The molecule has 0 fully saturated rings. The maximum absolute atomic E-state index is 13.6. The van der Waals surface area contributed by atoms with Gasteiger partial charge >= 0.3 is 0 Å². The highest BCUT2D eigenvalue weighted by Gasteiger charge is 2.26. The van der Waals surface area contributed by atoms with E-state index >= 15 is 0 Å². The Labute approximate surface area is 85.6 Å². The lowest BCUT2D eigenvalue weighted by Gasteiger charge is -2.29. The topological polar surface area (TPSA) is 3.24 Å². The molecule has 0 saturated heterocycles. The number of nitrogens with zero attached hydrogens (tertiary/aromatic N) is 1. The SMILES string of the molecule is C=C(C)N(C)C1=CCC(C)(C)C(F)=C1. The third kappa shape index (κ3) is 2.06. The lowest BCUT2D eigenvalue weighted by Crippen LogP contribution is -2.20. The average molecular weight is 195 g/mol. The van der Waals surface area contributed by atoms with Crippen molar-refractivity contribution in [2.75, 3.05) is 7.05 Å². The summed E-state index contributed by atoms with van der Waals surface area (Å²) in [4.78, 5) is 1.90. The molecule has 0 aromatic carbocycles. The Hall–Kier alpha value is -1.05. The van der Waals surface area contributed by atoms with Crippen LogP contribution in [0.1, 0.15) is 27.2 Å². The Morgan fingerprint density at radius 3 is 2.57 bits per heavy atom. The zero-order chi connectivity index (χ0) is 10.9. The summed E-state index contributed by atoms with van der Waals surface area (Å²) < 4.78 is 13.6. The van der Waals surface area contributed by atoms with Gasteiger partial charge < -0.3 is 4.90 Å². The molecule has 0 radical (unpaired) electrons. The highest BCUT2D eigenvalue weighted by Crippen LogP contribution is 2.37. The van der Waals surface area contributed by atoms with Gasteiger partial charge in [-0.2, -0.15) is 0 Å². The minimum Gasteiger partial charge on any atom is -0.349 e. The first kappa shape index (κ1) is 11.0. The molecule has 0 N–H and O–H groups in total. The van der Waals surface area contributed by atoms with Gasteiger partial charge in [-0.05, 0) is 19.4 Å². The van der Waals surface area contributed by atoms with Crippen LogP contribution in [0.25, 0.3) is 0 Å². The summed E-state index contributed by atoms with van der Waals surface area (Å²) in [6.07, 6.45) is 4.39. The van der Waals surface area contributed by atoms with E-state index in [9.17, 15) is 4.39 Å². The van der Waals surface area contributed by atoms with Crippen LogP contribution in [0.3, 0.4) is 0 Å². The van der Waals surface area contributed by atoms with Crippen molar-refractivity contribution in [3.63, 3.8) is 0 Å². The van der Waals surface area contributed by atoms with Gasteiger partial charge in [-0.1, -0.05) is 26.5 Å². The predicted molar refractivity (Wildman–Crippen MR) is 58.2 cm³/mol. The molecule has 0 aliphatic heterocycles. The van der Waals surface area contributed by atoms with E-state index in [0.29, 0.717) is 0 Å². The fraction of sp³-hybridized carbons (Fsp3) is 0.500. The van der Waals surface area contributed by atoms with E-state index in [2.05, 4.69) is 12.7 Å². The minimum atomic E-state index is -0.348. The van der Waals surface area contributed by atoms with E-state index in [0.717, 1.165) is 17.8 Å². The molecule has 1 nitrogen and oxygen atoms in total. The van der Waals surface area contributed by atoms with Crippen LogP contribution >= 0.6 is 0 Å². The van der Waals surface area contributed by atoms with Gasteiger partial charge in [0.2, 0.25) is 0 Å². The number of hydrogen-bond donors (Lipinski definition) is 0. The van der Waals surface area contributed by atoms with E-state index in [1.807, 2.05) is 32.7 Å². The Balaban J connectivity index is 2.89. The first-order valence-corrected chi connectivity index (χ1v) is 4.81. The van der Waals surface area contributed by atoms with E-state index in [1.165, 1.54) is 0 Å². The number of hydrogen-bond acceptors (Lipinski definition) is 1. The normalized spacial score (nSPS) is 19.8. The van der Waals surface area contributed by atoms with Crippen LogP contribution in [0.4, 0.5) is 4.39 Å². The van der Waals surface area contributed by atoms with Crippen molar-refractivity contribution in [1.29, 1.82) is 0 Å². The fourth-order valence-electron chi connectivity index (χ4n) is 1.30. The zero-order valence-electron chi connectivity index (χ0n) is 9.39. The molecule has 0 atom stereocenters. The monoisotopic (exact) mass is 195 g/mol. The van der Waals surface area contributed by atoms with Crippen LogP contribution in [0.2, 0.25) is 0 Å². The standard InChI is InChI=1S/C12H18FN/c1-9(2)14(5)10-6-7-12(3,4)11(13)8-10/h6,8H,1,7H2,2-5H3. The molecule has 78 valence electrons. The smallest absolute Gasteiger partial charge is 0.108 e. The zero-order valence-corrected chi connectivity index (χ0v) is 9.39. The van der Waals surface area contributed by atoms with Crippen molar-refractivity contribution in [3.05, 3.63) is 36.0 Å². The summed E-state index contributed by atoms with van der Waals surface area (Å²) >= 11 is 0. The lowest BCUT2D eigenvalue weighted by atomic mass is 9.84. The van der Waals surface area contributed by atoms with Crippen LogP contribution in [0, 0.1) is 5.41 Å². The molecule has 0 saturated carbocycles. The highest BCUT2D eigenvalue weighted by atomic mass is 19.1. The molecule has 1 rings (SSSR count). The first-order chi connectivity index (χ1) is 6.34. The van der Waals surface area contributed by atoms with E-state index < -0.39 is 0 Å². The molecule has 1 aliphatic rings. The third-order valence-electron chi connectivity index (χ3n) is 2.70. The molecule has 0 aromatic rings. The van der Waals surface area contributed by atoms with Crippen molar-refractivity contribution in [2.45, 2.75) is 27.2 Å². The van der Waals surface area contributed by atoms with Crippen LogP contribution in [-0.4, -0.2) is 11.9 Å². The van der Waals surface area contributed by atoms with Crippen molar-refractivity contribution in [2.24, 2.45) is 5.41 Å². The maximum Gasteiger partial charge on any atom is 0.108 e. The van der Waals surface area contributed by atoms with Gasteiger partial charge in [0.25, 0.3) is 0 Å². The van der Waals surface area contributed by atoms with Gasteiger partial charge in [0.1, 0.15) is 5.83 Å². The van der Waals surface area contributed by atoms with Gasteiger partial charge in [-0.3, -0.25) is 0 Å². The van der Waals surface area contributed by atoms with E-state index in [4.69, 9.17) is 0 Å². The molecule has 0 aromatic heterocycles. The molecule has 0 bridgehead atoms. The summed E-state index contributed by atoms with van der Waals surface area (Å²) in [5.74, 6) is -0.0527. The Bertz CT molecular complexity index is 310. The van der Waals surface area contributed by atoms with Gasteiger partial charge in [0.15, 0.2) is 0 Å². The van der Waals surface area contributed by atoms with Crippen molar-refractivity contribution >= 4 is 0 Å². The molecular weight excluding hydrogens is 177 g/mol. The molecule has 14 heavy (non-hydrogen) atoms. The highest BCUT2D eigenvalue weighted by molar-refractivity contribution is 5.30. The molecule has 0 heterocycles. The van der Waals surface area contributed by atoms with E-state index in [-0.39, 0.29) is 11.2 Å². The molecule has 2 heteroatoms. The van der Waals surface area contributed by atoms with Gasteiger partial charge in [-0.25, -0.2) is 4.39 Å². The Morgan fingerprint density at radius 1 is 1.57 bits per heavy atom. The Kier molecular flexibility index (Phi) is 2.84. The number of halogens is 1. The maximum atomic E-state index is 13.6. The molecule has 1 aliphatic carbocycles. The Morgan fingerprint density at radius 2 is 2.14 bits per heavy atom. The van der Waals surface area contributed by atoms with Crippen molar-refractivity contribution < 1.29 is 4.39 Å². The fourth-order valence-corrected chi connectivity index (χ4v) is 1.30. The van der Waals surface area contributed by atoms with Crippen LogP contribution in [-0.2, 0) is 0 Å². The number of allylic oxidation sites excluding steroid dienone is 4. The summed E-state index contributed by atoms with van der Waals surface area (Å²) in [5.41, 5.74) is 1.47. The summed E-state index contributed by atoms with van der Waals surface area (Å²) in [6, 6.07) is 0. The molecular formula is C12H18FN. The van der Waals surface area contributed by atoms with Crippen molar-refractivity contribution in [3.8, 4) is 0 Å². The van der Waals surface area contributed by atoms with Crippen molar-refractivity contribution in [1.82, 2.24) is 4.90 Å². The molecule has 0 unspecified atom stereocenters. The van der Waals surface area contributed by atoms with Crippen LogP contribution in [0.5, 0.6) is 0 Å².